The first-order valence-corrected chi connectivity index (χ1v) is 7.16. The Morgan fingerprint density at radius 1 is 1.00 bits per heavy atom. The second kappa shape index (κ2) is 5.75. The number of hydrogen-bond donors (Lipinski definition) is 1. The van der Waals surface area contributed by atoms with Crippen LogP contribution in [-0.4, -0.2) is 7.05 Å². The lowest BCUT2D eigenvalue weighted by Gasteiger charge is -2.31. The minimum atomic E-state index is 0.754. The molecule has 0 aromatic carbocycles. The van der Waals surface area contributed by atoms with Crippen molar-refractivity contribution >= 4 is 0 Å². The molecule has 0 radical (unpaired) electrons. The summed E-state index contributed by atoms with van der Waals surface area (Å²) >= 11 is 0. The van der Waals surface area contributed by atoms with E-state index in [2.05, 4.69) is 11.9 Å². The van der Waals surface area contributed by atoms with Crippen LogP contribution in [0.3, 0.4) is 0 Å². The minimum absolute atomic E-state index is 0.754. The van der Waals surface area contributed by atoms with Crippen molar-refractivity contribution in [2.75, 3.05) is 7.05 Å². The van der Waals surface area contributed by atoms with Crippen molar-refractivity contribution in [3.63, 3.8) is 0 Å². The lowest BCUT2D eigenvalue weighted by Crippen LogP contribution is -2.22. The SMILES string of the molecule is C=C(NC)C1CCC(CC2CCCC2)CC1. The van der Waals surface area contributed by atoms with Crippen LogP contribution in [0.5, 0.6) is 0 Å². The van der Waals surface area contributed by atoms with Gasteiger partial charge in [0.05, 0.1) is 0 Å². The average Bonchev–Trinajstić information content (AvgIpc) is 2.82. The molecule has 1 nitrogen and oxygen atoms in total. The largest absolute Gasteiger partial charge is 0.392 e. The summed E-state index contributed by atoms with van der Waals surface area (Å²) in [6.45, 7) is 4.11. The van der Waals surface area contributed by atoms with Crippen LogP contribution in [0, 0.1) is 17.8 Å². The van der Waals surface area contributed by atoms with Crippen molar-refractivity contribution < 1.29 is 0 Å². The summed E-state index contributed by atoms with van der Waals surface area (Å²) in [5.41, 5.74) is 1.26. The Balaban J connectivity index is 1.70. The Morgan fingerprint density at radius 3 is 2.12 bits per heavy atom. The molecule has 0 atom stereocenters. The van der Waals surface area contributed by atoms with Gasteiger partial charge in [0.1, 0.15) is 0 Å². The van der Waals surface area contributed by atoms with Crippen molar-refractivity contribution in [1.82, 2.24) is 5.32 Å². The van der Waals surface area contributed by atoms with Gasteiger partial charge >= 0.3 is 0 Å². The predicted molar refractivity (Wildman–Crippen MR) is 70.2 cm³/mol. The van der Waals surface area contributed by atoms with E-state index in [1.54, 1.807) is 0 Å². The number of rotatable bonds is 4. The maximum Gasteiger partial charge on any atom is 0.00625 e. The molecule has 16 heavy (non-hydrogen) atoms. The summed E-state index contributed by atoms with van der Waals surface area (Å²) in [6, 6.07) is 0. The normalized spacial score (nSPS) is 31.6. The molecule has 2 saturated carbocycles. The van der Waals surface area contributed by atoms with Gasteiger partial charge in [-0.15, -0.1) is 0 Å². The quantitative estimate of drug-likeness (QED) is 0.753. The number of hydrogen-bond acceptors (Lipinski definition) is 1. The Kier molecular flexibility index (Phi) is 4.31. The smallest absolute Gasteiger partial charge is 0.00625 e. The van der Waals surface area contributed by atoms with Crippen molar-refractivity contribution in [2.45, 2.75) is 57.8 Å². The molecule has 0 spiro atoms. The molecule has 2 fully saturated rings. The maximum absolute atomic E-state index is 4.11. The van der Waals surface area contributed by atoms with E-state index < -0.39 is 0 Å². The molecule has 0 aromatic heterocycles. The van der Waals surface area contributed by atoms with Crippen LogP contribution < -0.4 is 5.32 Å². The summed E-state index contributed by atoms with van der Waals surface area (Å²) in [5, 5.41) is 3.23. The van der Waals surface area contributed by atoms with Gasteiger partial charge in [-0.3, -0.25) is 0 Å². The summed E-state index contributed by atoms with van der Waals surface area (Å²) < 4.78 is 0. The Hall–Kier alpha value is -0.460. The zero-order chi connectivity index (χ0) is 11.4. The fourth-order valence-corrected chi connectivity index (χ4v) is 3.67. The van der Waals surface area contributed by atoms with Crippen LogP contribution >= 0.6 is 0 Å². The van der Waals surface area contributed by atoms with Gasteiger partial charge in [0.25, 0.3) is 0 Å². The van der Waals surface area contributed by atoms with Crippen LogP contribution in [0.2, 0.25) is 0 Å². The third-order valence-electron chi connectivity index (χ3n) is 4.80. The van der Waals surface area contributed by atoms with Crippen LogP contribution in [-0.2, 0) is 0 Å². The fourth-order valence-electron chi connectivity index (χ4n) is 3.67. The molecule has 2 rings (SSSR count). The van der Waals surface area contributed by atoms with Gasteiger partial charge < -0.3 is 5.32 Å². The van der Waals surface area contributed by atoms with Gasteiger partial charge in [0, 0.05) is 12.7 Å². The standard InChI is InChI=1S/C15H27N/c1-12(16-2)15-9-7-14(8-10-15)11-13-5-3-4-6-13/h13-16H,1,3-11H2,2H3. The van der Waals surface area contributed by atoms with Gasteiger partial charge in [-0.05, 0) is 49.9 Å². The van der Waals surface area contributed by atoms with E-state index in [0.29, 0.717) is 0 Å². The van der Waals surface area contributed by atoms with E-state index in [1.165, 1.54) is 63.5 Å². The van der Waals surface area contributed by atoms with Crippen LogP contribution in [0.1, 0.15) is 57.8 Å². The van der Waals surface area contributed by atoms with Gasteiger partial charge in [0.2, 0.25) is 0 Å². The molecule has 2 aliphatic rings. The second-order valence-corrected chi connectivity index (χ2v) is 5.88. The number of allylic oxidation sites excluding steroid dienone is 1. The highest BCUT2D eigenvalue weighted by Gasteiger charge is 2.25. The van der Waals surface area contributed by atoms with Gasteiger partial charge in [-0.2, -0.15) is 0 Å². The van der Waals surface area contributed by atoms with E-state index in [4.69, 9.17) is 0 Å². The van der Waals surface area contributed by atoms with E-state index in [-0.39, 0.29) is 0 Å². The monoisotopic (exact) mass is 221 g/mol. The first-order valence-electron chi connectivity index (χ1n) is 7.16. The molecule has 0 unspecified atom stereocenters. The van der Waals surface area contributed by atoms with E-state index in [9.17, 15) is 0 Å². The predicted octanol–water partition coefficient (Wildman–Crippen LogP) is 4.11. The van der Waals surface area contributed by atoms with Gasteiger partial charge in [-0.25, -0.2) is 0 Å². The summed E-state index contributed by atoms with van der Waals surface area (Å²) in [6.07, 6.45) is 13.2. The molecule has 92 valence electrons. The topological polar surface area (TPSA) is 12.0 Å². The molecule has 0 aliphatic heterocycles. The second-order valence-electron chi connectivity index (χ2n) is 5.88. The molecule has 0 saturated heterocycles. The molecular formula is C15H27N. The molecular weight excluding hydrogens is 194 g/mol. The minimum Gasteiger partial charge on any atom is -0.392 e. The van der Waals surface area contributed by atoms with Crippen LogP contribution in [0.15, 0.2) is 12.3 Å². The zero-order valence-corrected chi connectivity index (χ0v) is 10.8. The third kappa shape index (κ3) is 3.02. The van der Waals surface area contributed by atoms with E-state index in [0.717, 1.165) is 17.8 Å². The fraction of sp³-hybridized carbons (Fsp3) is 0.867. The zero-order valence-electron chi connectivity index (χ0n) is 10.8. The Labute approximate surface area is 101 Å². The molecule has 0 heterocycles. The molecule has 1 N–H and O–H groups in total. The molecule has 0 bridgehead atoms. The highest BCUT2D eigenvalue weighted by molar-refractivity contribution is 4.98. The maximum atomic E-state index is 4.11. The highest BCUT2D eigenvalue weighted by atomic mass is 14.8. The highest BCUT2D eigenvalue weighted by Crippen LogP contribution is 2.38. The summed E-state index contributed by atoms with van der Waals surface area (Å²) in [4.78, 5) is 0. The van der Waals surface area contributed by atoms with Crippen molar-refractivity contribution in [3.05, 3.63) is 12.3 Å². The van der Waals surface area contributed by atoms with Crippen LogP contribution in [0.4, 0.5) is 0 Å². The van der Waals surface area contributed by atoms with Crippen molar-refractivity contribution in [2.24, 2.45) is 17.8 Å². The van der Waals surface area contributed by atoms with Crippen molar-refractivity contribution in [1.29, 1.82) is 0 Å². The Bertz CT molecular complexity index is 220. The molecule has 2 aliphatic carbocycles. The molecule has 0 amide bonds. The Morgan fingerprint density at radius 2 is 1.56 bits per heavy atom. The summed E-state index contributed by atoms with van der Waals surface area (Å²) in [5.74, 6) is 2.86. The van der Waals surface area contributed by atoms with Gasteiger partial charge in [0.15, 0.2) is 0 Å². The van der Waals surface area contributed by atoms with Gasteiger partial charge in [-0.1, -0.05) is 32.3 Å². The summed E-state index contributed by atoms with van der Waals surface area (Å²) in [7, 11) is 2.01. The lowest BCUT2D eigenvalue weighted by molar-refractivity contribution is 0.251. The average molecular weight is 221 g/mol. The lowest BCUT2D eigenvalue weighted by atomic mass is 9.77. The first kappa shape index (κ1) is 12.0. The first-order chi connectivity index (χ1) is 7.79. The van der Waals surface area contributed by atoms with E-state index >= 15 is 0 Å². The van der Waals surface area contributed by atoms with Crippen LogP contribution in [0.25, 0.3) is 0 Å². The van der Waals surface area contributed by atoms with E-state index in [1.807, 2.05) is 7.05 Å². The molecule has 0 aromatic rings. The molecule has 1 heteroatoms. The third-order valence-corrected chi connectivity index (χ3v) is 4.80. The number of nitrogens with one attached hydrogen (secondary N) is 1. The van der Waals surface area contributed by atoms with Crippen molar-refractivity contribution in [3.8, 4) is 0 Å².